The summed E-state index contributed by atoms with van der Waals surface area (Å²) in [6, 6.07) is 5.31. The average Bonchev–Trinajstić information content (AvgIpc) is 3.38. The van der Waals surface area contributed by atoms with Gasteiger partial charge in [0.05, 0.1) is 19.4 Å². The molecule has 2 amide bonds. The van der Waals surface area contributed by atoms with E-state index < -0.39 is 0 Å². The summed E-state index contributed by atoms with van der Waals surface area (Å²) in [5, 5.41) is 13.5. The standard InChI is InChI=1S/C21H24N8O3/c1-12-10-32-11-13-6-15(26-18(7-13)28-5-3-4-19(28)30)25-16-8-17(22-2)29-20(27-16)14(9-23-29)21(31)24-12/h6-9,12,22H,3-5,10-11H2,1-2H3,(H,24,31)(H,25,26,27)/t12-/m1/s1. The number of rotatable bonds is 2. The minimum Gasteiger partial charge on any atom is -0.375 e. The molecule has 166 valence electrons. The third-order valence-corrected chi connectivity index (χ3v) is 5.46. The van der Waals surface area contributed by atoms with Crippen LogP contribution in [0.1, 0.15) is 35.7 Å². The third-order valence-electron chi connectivity index (χ3n) is 5.46. The SMILES string of the molecule is CNc1cc2nc3c(cnn13)C(=O)N[C@H](C)COCc1cc(nc(N3CCCC3=O)c1)N2. The molecule has 11 nitrogen and oxygen atoms in total. The normalized spacial score (nSPS) is 19.1. The maximum Gasteiger partial charge on any atom is 0.257 e. The van der Waals surface area contributed by atoms with Crippen LogP contribution >= 0.6 is 0 Å². The van der Waals surface area contributed by atoms with E-state index >= 15 is 0 Å². The molecule has 5 heterocycles. The van der Waals surface area contributed by atoms with Gasteiger partial charge in [0.1, 0.15) is 28.8 Å². The lowest BCUT2D eigenvalue weighted by Crippen LogP contribution is -2.36. The van der Waals surface area contributed by atoms with Gasteiger partial charge in [0.15, 0.2) is 5.65 Å². The molecule has 0 aromatic carbocycles. The number of pyridine rings is 1. The Morgan fingerprint density at radius 2 is 2.03 bits per heavy atom. The predicted molar refractivity (Wildman–Crippen MR) is 118 cm³/mol. The molecule has 2 aliphatic heterocycles. The number of anilines is 4. The summed E-state index contributed by atoms with van der Waals surface area (Å²) in [4.78, 5) is 36.1. The van der Waals surface area contributed by atoms with Crippen LogP contribution in [0.5, 0.6) is 0 Å². The lowest BCUT2D eigenvalue weighted by Gasteiger charge is -2.19. The van der Waals surface area contributed by atoms with Gasteiger partial charge in [0.2, 0.25) is 5.91 Å². The van der Waals surface area contributed by atoms with Crippen molar-refractivity contribution in [2.45, 2.75) is 32.4 Å². The molecule has 32 heavy (non-hydrogen) atoms. The molecular weight excluding hydrogens is 412 g/mol. The van der Waals surface area contributed by atoms with Crippen LogP contribution in [0.3, 0.4) is 0 Å². The van der Waals surface area contributed by atoms with Gasteiger partial charge in [-0.25, -0.2) is 9.97 Å². The van der Waals surface area contributed by atoms with Crippen LogP contribution in [0, 0.1) is 0 Å². The summed E-state index contributed by atoms with van der Waals surface area (Å²) in [6.07, 6.45) is 2.84. The molecule has 11 heteroatoms. The number of aromatic nitrogens is 4. The number of carbonyl (C=O) groups excluding carboxylic acids is 2. The number of carbonyl (C=O) groups is 2. The molecule has 3 aromatic rings. The maximum absolute atomic E-state index is 12.8. The molecule has 2 aliphatic rings. The number of hydrogen-bond acceptors (Lipinski definition) is 8. The van der Waals surface area contributed by atoms with Crippen molar-refractivity contribution in [3.63, 3.8) is 0 Å². The molecule has 1 atom stereocenters. The summed E-state index contributed by atoms with van der Waals surface area (Å²) in [5.74, 6) is 2.07. The van der Waals surface area contributed by atoms with Crippen molar-refractivity contribution in [1.29, 1.82) is 0 Å². The molecule has 5 rings (SSSR count). The zero-order valence-corrected chi connectivity index (χ0v) is 17.9. The summed E-state index contributed by atoms with van der Waals surface area (Å²) in [5.41, 5.74) is 1.64. The van der Waals surface area contributed by atoms with Gasteiger partial charge in [-0.15, -0.1) is 0 Å². The molecular formula is C21H24N8O3. The first-order chi connectivity index (χ1) is 15.5. The highest BCUT2D eigenvalue weighted by atomic mass is 16.5. The Labute approximate surface area is 184 Å². The second kappa shape index (κ2) is 8.08. The predicted octanol–water partition coefficient (Wildman–Crippen LogP) is 1.68. The van der Waals surface area contributed by atoms with E-state index in [0.29, 0.717) is 60.7 Å². The second-order valence-corrected chi connectivity index (χ2v) is 7.95. The molecule has 3 N–H and O–H groups in total. The number of nitrogens with zero attached hydrogens (tertiary/aromatic N) is 5. The van der Waals surface area contributed by atoms with Crippen LogP contribution in [-0.4, -0.2) is 57.6 Å². The minimum absolute atomic E-state index is 0.0631. The van der Waals surface area contributed by atoms with E-state index in [4.69, 9.17) is 4.74 Å². The van der Waals surface area contributed by atoms with Crippen LogP contribution in [0.2, 0.25) is 0 Å². The smallest absolute Gasteiger partial charge is 0.257 e. The van der Waals surface area contributed by atoms with Crippen LogP contribution in [0.4, 0.5) is 23.3 Å². The number of ether oxygens (including phenoxy) is 1. The molecule has 0 unspecified atom stereocenters. The Morgan fingerprint density at radius 1 is 1.19 bits per heavy atom. The molecule has 1 fully saturated rings. The van der Waals surface area contributed by atoms with Crippen molar-refractivity contribution in [1.82, 2.24) is 24.9 Å². The zero-order valence-electron chi connectivity index (χ0n) is 17.9. The fourth-order valence-corrected chi connectivity index (χ4v) is 3.94. The Balaban J connectivity index is 1.62. The Bertz CT molecular complexity index is 1210. The lowest BCUT2D eigenvalue weighted by atomic mass is 10.2. The number of hydrogen-bond donors (Lipinski definition) is 3. The van der Waals surface area contributed by atoms with E-state index in [1.165, 1.54) is 6.20 Å². The molecule has 4 bridgehead atoms. The van der Waals surface area contributed by atoms with Crippen LogP contribution in [0.15, 0.2) is 24.4 Å². The van der Waals surface area contributed by atoms with E-state index in [0.717, 1.165) is 12.0 Å². The number of amides is 2. The Kier molecular flexibility index (Phi) is 5.10. The van der Waals surface area contributed by atoms with Gasteiger partial charge in [-0.2, -0.15) is 9.61 Å². The lowest BCUT2D eigenvalue weighted by molar-refractivity contribution is -0.117. The average molecular weight is 436 g/mol. The quantitative estimate of drug-likeness (QED) is 0.554. The highest BCUT2D eigenvalue weighted by Gasteiger charge is 2.24. The molecule has 1 saturated heterocycles. The Morgan fingerprint density at radius 3 is 2.81 bits per heavy atom. The molecule has 3 aromatic heterocycles. The van der Waals surface area contributed by atoms with E-state index in [2.05, 4.69) is 31.0 Å². The number of nitrogens with one attached hydrogen (secondary N) is 3. The molecule has 0 aliphatic carbocycles. The largest absolute Gasteiger partial charge is 0.375 e. The second-order valence-electron chi connectivity index (χ2n) is 7.95. The van der Waals surface area contributed by atoms with Crippen molar-refractivity contribution in [3.05, 3.63) is 35.5 Å². The van der Waals surface area contributed by atoms with E-state index in [1.54, 1.807) is 22.5 Å². The van der Waals surface area contributed by atoms with E-state index in [9.17, 15) is 9.59 Å². The maximum atomic E-state index is 12.8. The fourth-order valence-electron chi connectivity index (χ4n) is 3.94. The van der Waals surface area contributed by atoms with Gasteiger partial charge in [0, 0.05) is 32.1 Å². The van der Waals surface area contributed by atoms with Gasteiger partial charge in [-0.3, -0.25) is 14.5 Å². The first-order valence-electron chi connectivity index (χ1n) is 10.6. The van der Waals surface area contributed by atoms with Crippen LogP contribution < -0.4 is 20.9 Å². The molecule has 0 spiro atoms. The van der Waals surface area contributed by atoms with E-state index in [1.807, 2.05) is 19.1 Å². The van der Waals surface area contributed by atoms with Gasteiger partial charge >= 0.3 is 0 Å². The first-order valence-corrected chi connectivity index (χ1v) is 10.6. The van der Waals surface area contributed by atoms with Crippen molar-refractivity contribution in [2.24, 2.45) is 0 Å². The van der Waals surface area contributed by atoms with Crippen LogP contribution in [0.25, 0.3) is 5.65 Å². The summed E-state index contributed by atoms with van der Waals surface area (Å²) in [6.45, 7) is 3.17. The number of fused-ring (bicyclic) bond motifs is 3. The van der Waals surface area contributed by atoms with Crippen LogP contribution in [-0.2, 0) is 16.1 Å². The minimum atomic E-state index is -0.272. The zero-order chi connectivity index (χ0) is 22.2. The fraction of sp³-hybridized carbons (Fsp3) is 0.381. The van der Waals surface area contributed by atoms with Crippen molar-refractivity contribution in [2.75, 3.05) is 35.7 Å². The van der Waals surface area contributed by atoms with Gasteiger partial charge in [0.25, 0.3) is 5.91 Å². The van der Waals surface area contributed by atoms with Gasteiger partial charge in [-0.05, 0) is 31.0 Å². The van der Waals surface area contributed by atoms with Crippen molar-refractivity contribution >= 4 is 40.7 Å². The van der Waals surface area contributed by atoms with Gasteiger partial charge < -0.3 is 20.7 Å². The molecule has 0 radical (unpaired) electrons. The van der Waals surface area contributed by atoms with Gasteiger partial charge in [-0.1, -0.05) is 0 Å². The van der Waals surface area contributed by atoms with Crippen molar-refractivity contribution < 1.29 is 14.3 Å². The first kappa shape index (κ1) is 20.2. The van der Waals surface area contributed by atoms with E-state index in [-0.39, 0.29) is 17.9 Å². The summed E-state index contributed by atoms with van der Waals surface area (Å²) < 4.78 is 7.42. The topological polar surface area (TPSA) is 126 Å². The van der Waals surface area contributed by atoms with Crippen molar-refractivity contribution in [3.8, 4) is 0 Å². The highest BCUT2D eigenvalue weighted by molar-refractivity contribution is 6.00. The molecule has 0 saturated carbocycles. The summed E-state index contributed by atoms with van der Waals surface area (Å²) in [7, 11) is 1.77. The monoisotopic (exact) mass is 436 g/mol. The third kappa shape index (κ3) is 3.71. The Hall–Kier alpha value is -3.73. The highest BCUT2D eigenvalue weighted by Crippen LogP contribution is 2.26. The summed E-state index contributed by atoms with van der Waals surface area (Å²) >= 11 is 0.